The van der Waals surface area contributed by atoms with E-state index >= 15 is 0 Å². The second-order valence-corrected chi connectivity index (χ2v) is 9.47. The topological polar surface area (TPSA) is 32.3 Å². The minimum atomic E-state index is -0.0156. The Hall–Kier alpha value is -1.35. The molecule has 0 aromatic heterocycles. The summed E-state index contributed by atoms with van der Waals surface area (Å²) in [5.74, 6) is 0.290. The molecule has 2 bridgehead atoms. The van der Waals surface area contributed by atoms with Gasteiger partial charge in [-0.25, -0.2) is 0 Å². The quantitative estimate of drug-likeness (QED) is 0.848. The summed E-state index contributed by atoms with van der Waals surface area (Å²) in [5.41, 5.74) is 4.15. The molecule has 2 heterocycles. The van der Waals surface area contributed by atoms with Crippen molar-refractivity contribution in [3.8, 4) is 0 Å². The molecule has 0 radical (unpaired) electrons. The maximum Gasteiger partial charge on any atom is 0.179 e. The molecule has 3 nitrogen and oxygen atoms in total. The molecule has 0 amide bonds. The van der Waals surface area contributed by atoms with Gasteiger partial charge in [-0.15, -0.1) is 0 Å². The SMILES string of the molecule is CC(C(=O)c1ccc2c(c1)CCN2)N1CC2(C)CC1CC(C)(C)C2. The zero-order valence-corrected chi connectivity index (χ0v) is 15.5. The van der Waals surface area contributed by atoms with Crippen LogP contribution in [-0.2, 0) is 6.42 Å². The number of rotatable bonds is 3. The third kappa shape index (κ3) is 2.67. The van der Waals surface area contributed by atoms with Gasteiger partial charge in [-0.2, -0.15) is 0 Å². The molecule has 3 atom stereocenters. The average Bonchev–Trinajstić information content (AvgIpc) is 3.05. The number of fused-ring (bicyclic) bond motifs is 3. The Morgan fingerprint density at radius 3 is 2.88 bits per heavy atom. The van der Waals surface area contributed by atoms with Crippen LogP contribution in [0.1, 0.15) is 62.9 Å². The number of hydrogen-bond donors (Lipinski definition) is 1. The number of benzene rings is 1. The van der Waals surface area contributed by atoms with Crippen LogP contribution in [0, 0.1) is 10.8 Å². The van der Waals surface area contributed by atoms with E-state index in [-0.39, 0.29) is 6.04 Å². The van der Waals surface area contributed by atoms with E-state index < -0.39 is 0 Å². The summed E-state index contributed by atoms with van der Waals surface area (Å²) in [6.45, 7) is 11.4. The highest BCUT2D eigenvalue weighted by molar-refractivity contribution is 6.00. The van der Waals surface area contributed by atoms with Gasteiger partial charge in [0, 0.05) is 30.4 Å². The summed E-state index contributed by atoms with van der Waals surface area (Å²) in [4.78, 5) is 15.6. The highest BCUT2D eigenvalue weighted by Gasteiger charge is 2.51. The van der Waals surface area contributed by atoms with Crippen LogP contribution >= 0.6 is 0 Å². The van der Waals surface area contributed by atoms with E-state index in [9.17, 15) is 4.79 Å². The van der Waals surface area contributed by atoms with Crippen LogP contribution in [0.15, 0.2) is 18.2 Å². The zero-order chi connectivity index (χ0) is 17.1. The number of Topliss-reactive ketones (excluding diaryl/α,β-unsaturated/α-hetero) is 1. The van der Waals surface area contributed by atoms with E-state index in [4.69, 9.17) is 0 Å². The van der Waals surface area contributed by atoms with Gasteiger partial charge in [0.1, 0.15) is 0 Å². The van der Waals surface area contributed by atoms with Crippen LogP contribution in [0.2, 0.25) is 0 Å². The van der Waals surface area contributed by atoms with E-state index in [1.54, 1.807) is 0 Å². The predicted molar refractivity (Wildman–Crippen MR) is 98.7 cm³/mol. The first-order valence-corrected chi connectivity index (χ1v) is 9.43. The van der Waals surface area contributed by atoms with Gasteiger partial charge in [0.2, 0.25) is 0 Å². The lowest BCUT2D eigenvalue weighted by molar-refractivity contribution is 0.0785. The molecular formula is C21H30N2O. The summed E-state index contributed by atoms with van der Waals surface area (Å²) in [7, 11) is 0. The van der Waals surface area contributed by atoms with E-state index in [1.165, 1.54) is 30.5 Å². The second-order valence-electron chi connectivity index (χ2n) is 9.47. The number of hydrogen-bond acceptors (Lipinski definition) is 3. The maximum absolute atomic E-state index is 13.1. The third-order valence-corrected chi connectivity index (χ3v) is 6.43. The minimum absolute atomic E-state index is 0.0156. The molecule has 1 saturated carbocycles. The van der Waals surface area contributed by atoms with Crippen LogP contribution in [0.5, 0.6) is 0 Å². The maximum atomic E-state index is 13.1. The highest BCUT2D eigenvalue weighted by Crippen LogP contribution is 2.53. The van der Waals surface area contributed by atoms with Crippen molar-refractivity contribution in [3.05, 3.63) is 29.3 Å². The Morgan fingerprint density at radius 1 is 1.29 bits per heavy atom. The third-order valence-electron chi connectivity index (χ3n) is 6.43. The predicted octanol–water partition coefficient (Wildman–Crippen LogP) is 4.13. The molecule has 1 saturated heterocycles. The van der Waals surface area contributed by atoms with Crippen LogP contribution < -0.4 is 5.32 Å². The van der Waals surface area contributed by atoms with Crippen molar-refractivity contribution in [2.45, 2.75) is 65.5 Å². The monoisotopic (exact) mass is 326 g/mol. The van der Waals surface area contributed by atoms with Crippen molar-refractivity contribution < 1.29 is 4.79 Å². The molecule has 2 fully saturated rings. The Kier molecular flexibility index (Phi) is 3.58. The molecule has 1 aromatic carbocycles. The largest absolute Gasteiger partial charge is 0.384 e. The number of likely N-dealkylation sites (tertiary alicyclic amines) is 1. The van der Waals surface area contributed by atoms with Crippen molar-refractivity contribution in [1.82, 2.24) is 4.90 Å². The van der Waals surface area contributed by atoms with Crippen molar-refractivity contribution >= 4 is 11.5 Å². The molecule has 1 aliphatic carbocycles. The second kappa shape index (κ2) is 5.32. The van der Waals surface area contributed by atoms with Crippen LogP contribution in [0.25, 0.3) is 0 Å². The van der Waals surface area contributed by atoms with Crippen molar-refractivity contribution in [2.24, 2.45) is 10.8 Å². The summed E-state index contributed by atoms with van der Waals surface area (Å²) in [5, 5.41) is 3.37. The Morgan fingerprint density at radius 2 is 2.08 bits per heavy atom. The number of nitrogens with zero attached hydrogens (tertiary/aromatic N) is 1. The van der Waals surface area contributed by atoms with Gasteiger partial charge in [0.15, 0.2) is 5.78 Å². The average molecular weight is 326 g/mol. The Labute approximate surface area is 145 Å². The Bertz CT molecular complexity index is 680. The Balaban J connectivity index is 1.56. The summed E-state index contributed by atoms with van der Waals surface area (Å²) in [6, 6.07) is 6.74. The van der Waals surface area contributed by atoms with Gasteiger partial charge < -0.3 is 5.32 Å². The standard InChI is InChI=1S/C21H30N2O/c1-14(19(24)16-5-6-18-15(9-16)7-8-22-18)23-13-21(4)11-17(23)10-20(2,3)12-21/h5-6,9,14,17,22H,7-8,10-13H2,1-4H3. The molecule has 3 unspecified atom stereocenters. The van der Waals surface area contributed by atoms with Crippen LogP contribution in [0.4, 0.5) is 5.69 Å². The fraction of sp³-hybridized carbons (Fsp3) is 0.667. The van der Waals surface area contributed by atoms with Crippen molar-refractivity contribution in [1.29, 1.82) is 0 Å². The summed E-state index contributed by atoms with van der Waals surface area (Å²) in [6.07, 6.45) is 4.78. The van der Waals surface area contributed by atoms with Gasteiger partial charge >= 0.3 is 0 Å². The fourth-order valence-electron chi connectivity index (χ4n) is 5.81. The lowest BCUT2D eigenvalue weighted by Gasteiger charge is -2.40. The fourth-order valence-corrected chi connectivity index (χ4v) is 5.81. The van der Waals surface area contributed by atoms with Gasteiger partial charge in [-0.3, -0.25) is 9.69 Å². The minimum Gasteiger partial charge on any atom is -0.384 e. The normalized spacial score (nSPS) is 32.2. The molecule has 130 valence electrons. The van der Waals surface area contributed by atoms with Gasteiger partial charge in [-0.05, 0) is 67.2 Å². The number of carbonyl (C=O) groups excluding carboxylic acids is 1. The first-order valence-electron chi connectivity index (χ1n) is 9.43. The van der Waals surface area contributed by atoms with E-state index in [2.05, 4.69) is 50.0 Å². The molecule has 1 N–H and O–H groups in total. The van der Waals surface area contributed by atoms with E-state index in [0.717, 1.165) is 25.1 Å². The van der Waals surface area contributed by atoms with Gasteiger partial charge in [-0.1, -0.05) is 20.8 Å². The number of nitrogens with one attached hydrogen (secondary N) is 1. The molecule has 3 heteroatoms. The van der Waals surface area contributed by atoms with Gasteiger partial charge in [0.05, 0.1) is 6.04 Å². The van der Waals surface area contributed by atoms with E-state index in [1.807, 2.05) is 6.07 Å². The zero-order valence-electron chi connectivity index (χ0n) is 15.5. The van der Waals surface area contributed by atoms with Crippen LogP contribution in [-0.4, -0.2) is 35.9 Å². The first kappa shape index (κ1) is 16.1. The summed E-state index contributed by atoms with van der Waals surface area (Å²) < 4.78 is 0. The molecular weight excluding hydrogens is 296 g/mol. The smallest absolute Gasteiger partial charge is 0.179 e. The number of ketones is 1. The van der Waals surface area contributed by atoms with E-state index in [0.29, 0.717) is 22.7 Å². The number of carbonyl (C=O) groups is 1. The molecule has 24 heavy (non-hydrogen) atoms. The number of anilines is 1. The molecule has 2 aliphatic heterocycles. The molecule has 1 aromatic rings. The lowest BCUT2D eigenvalue weighted by Crippen LogP contribution is -2.43. The van der Waals surface area contributed by atoms with Crippen molar-refractivity contribution in [2.75, 3.05) is 18.4 Å². The lowest BCUT2D eigenvalue weighted by atomic mass is 9.65. The van der Waals surface area contributed by atoms with Crippen LogP contribution in [0.3, 0.4) is 0 Å². The first-order chi connectivity index (χ1) is 11.3. The molecule has 4 rings (SSSR count). The molecule has 0 spiro atoms. The van der Waals surface area contributed by atoms with Gasteiger partial charge in [0.25, 0.3) is 0 Å². The van der Waals surface area contributed by atoms with Crippen molar-refractivity contribution in [3.63, 3.8) is 0 Å². The highest BCUT2D eigenvalue weighted by atomic mass is 16.1. The summed E-state index contributed by atoms with van der Waals surface area (Å²) >= 11 is 0. The molecule has 3 aliphatic rings.